The fraction of sp³-hybridized carbons (Fsp3) is 0.684. The summed E-state index contributed by atoms with van der Waals surface area (Å²) < 4.78 is 0. The van der Waals surface area contributed by atoms with Crippen molar-refractivity contribution in [3.8, 4) is 0 Å². The predicted molar refractivity (Wildman–Crippen MR) is 85.5 cm³/mol. The highest BCUT2D eigenvalue weighted by molar-refractivity contribution is 5.14. The zero-order chi connectivity index (χ0) is 14.0. The van der Waals surface area contributed by atoms with E-state index >= 15 is 0 Å². The van der Waals surface area contributed by atoms with E-state index in [9.17, 15) is 0 Å². The molecule has 0 radical (unpaired) electrons. The summed E-state index contributed by atoms with van der Waals surface area (Å²) in [5, 5.41) is 3.81. The average molecular weight is 271 g/mol. The number of fused-ring (bicyclic) bond motifs is 4. The molecule has 4 rings (SSSR count). The first-order valence-corrected chi connectivity index (χ1v) is 8.43. The van der Waals surface area contributed by atoms with Crippen LogP contribution in [0.15, 0.2) is 30.3 Å². The van der Waals surface area contributed by atoms with Gasteiger partial charge in [0, 0.05) is 12.6 Å². The van der Waals surface area contributed by atoms with Crippen LogP contribution in [-0.2, 0) is 6.54 Å². The molecule has 1 nitrogen and oxygen atoms in total. The van der Waals surface area contributed by atoms with Gasteiger partial charge in [0.05, 0.1) is 0 Å². The molecule has 0 saturated heterocycles. The number of nitrogens with one attached hydrogen (secondary N) is 1. The van der Waals surface area contributed by atoms with Gasteiger partial charge >= 0.3 is 0 Å². The summed E-state index contributed by atoms with van der Waals surface area (Å²) in [6.07, 6.45) is 8.84. The molecular formula is C19H29N. The first-order chi connectivity index (χ1) is 9.66. The van der Waals surface area contributed by atoms with E-state index < -0.39 is 0 Å². The molecule has 1 heteroatoms. The van der Waals surface area contributed by atoms with Crippen molar-refractivity contribution < 1.29 is 0 Å². The van der Waals surface area contributed by atoms with Crippen molar-refractivity contribution in [1.82, 2.24) is 5.32 Å². The molecule has 2 bridgehead atoms. The van der Waals surface area contributed by atoms with Crippen LogP contribution < -0.4 is 5.32 Å². The SMILES string of the molecule is CC(NCc1ccccc1)C1(C)C[C@H]2CC[C@@H](CC2)C1. The van der Waals surface area contributed by atoms with E-state index in [2.05, 4.69) is 49.5 Å². The lowest BCUT2D eigenvalue weighted by molar-refractivity contribution is 0.170. The largest absolute Gasteiger partial charge is 0.310 e. The molecule has 1 atom stereocenters. The number of hydrogen-bond donors (Lipinski definition) is 1. The van der Waals surface area contributed by atoms with Crippen molar-refractivity contribution in [3.05, 3.63) is 35.9 Å². The van der Waals surface area contributed by atoms with Crippen LogP contribution in [0.3, 0.4) is 0 Å². The molecule has 0 heterocycles. The van der Waals surface area contributed by atoms with Crippen LogP contribution in [0.5, 0.6) is 0 Å². The summed E-state index contributed by atoms with van der Waals surface area (Å²) in [4.78, 5) is 0. The molecule has 110 valence electrons. The average Bonchev–Trinajstić information content (AvgIpc) is 2.74. The van der Waals surface area contributed by atoms with Crippen molar-refractivity contribution in [1.29, 1.82) is 0 Å². The summed E-state index contributed by atoms with van der Waals surface area (Å²) in [7, 11) is 0. The Morgan fingerprint density at radius 3 is 2.15 bits per heavy atom. The van der Waals surface area contributed by atoms with E-state index in [1.807, 2.05) is 0 Å². The molecular weight excluding hydrogens is 242 g/mol. The predicted octanol–water partition coefficient (Wildman–Crippen LogP) is 4.77. The standard InChI is InChI=1S/C19H29N/c1-15(20-14-18-6-4-3-5-7-18)19(2)12-16-8-9-17(13-19)11-10-16/h3-7,15-17,20H,8-14H2,1-2H3/t15?,16-,17-. The van der Waals surface area contributed by atoms with Crippen molar-refractivity contribution in [2.75, 3.05) is 0 Å². The van der Waals surface area contributed by atoms with Gasteiger partial charge in [-0.1, -0.05) is 62.9 Å². The molecule has 3 fully saturated rings. The molecule has 0 amide bonds. The van der Waals surface area contributed by atoms with Crippen molar-refractivity contribution >= 4 is 0 Å². The van der Waals surface area contributed by atoms with Gasteiger partial charge in [0.1, 0.15) is 0 Å². The van der Waals surface area contributed by atoms with Gasteiger partial charge in [0.2, 0.25) is 0 Å². The van der Waals surface area contributed by atoms with Gasteiger partial charge in [-0.15, -0.1) is 0 Å². The molecule has 3 aliphatic carbocycles. The fourth-order valence-corrected chi connectivity index (χ4v) is 4.51. The number of rotatable bonds is 4. The Morgan fingerprint density at radius 2 is 1.60 bits per heavy atom. The molecule has 0 aliphatic heterocycles. The van der Waals surface area contributed by atoms with E-state index in [1.54, 1.807) is 0 Å². The van der Waals surface area contributed by atoms with E-state index in [1.165, 1.54) is 44.1 Å². The van der Waals surface area contributed by atoms with Crippen LogP contribution >= 0.6 is 0 Å². The minimum Gasteiger partial charge on any atom is -0.310 e. The highest BCUT2D eigenvalue weighted by Crippen LogP contribution is 2.49. The first-order valence-electron chi connectivity index (χ1n) is 8.43. The zero-order valence-electron chi connectivity index (χ0n) is 13.1. The molecule has 3 aliphatic rings. The Labute approximate surface area is 124 Å². The zero-order valence-corrected chi connectivity index (χ0v) is 13.1. The van der Waals surface area contributed by atoms with Crippen molar-refractivity contribution in [2.24, 2.45) is 17.3 Å². The Bertz CT molecular complexity index is 403. The normalized spacial score (nSPS) is 34.7. The maximum absolute atomic E-state index is 3.81. The second kappa shape index (κ2) is 5.89. The highest BCUT2D eigenvalue weighted by Gasteiger charge is 2.40. The Balaban J connectivity index is 1.62. The van der Waals surface area contributed by atoms with Crippen LogP contribution in [0.1, 0.15) is 57.9 Å². The quantitative estimate of drug-likeness (QED) is 0.831. The van der Waals surface area contributed by atoms with Crippen molar-refractivity contribution in [2.45, 2.75) is 65.0 Å². The van der Waals surface area contributed by atoms with E-state index in [0.29, 0.717) is 11.5 Å². The van der Waals surface area contributed by atoms with Crippen LogP contribution in [0, 0.1) is 17.3 Å². The third-order valence-corrected chi connectivity index (χ3v) is 5.98. The summed E-state index contributed by atoms with van der Waals surface area (Å²) in [6.45, 7) is 5.95. The molecule has 3 saturated carbocycles. The third-order valence-electron chi connectivity index (χ3n) is 5.98. The van der Waals surface area contributed by atoms with Crippen LogP contribution in [0.4, 0.5) is 0 Å². The number of benzene rings is 1. The van der Waals surface area contributed by atoms with Gasteiger partial charge in [-0.2, -0.15) is 0 Å². The lowest BCUT2D eigenvalue weighted by atomic mass is 9.74. The van der Waals surface area contributed by atoms with Gasteiger partial charge in [-0.05, 0) is 42.6 Å². The minimum absolute atomic E-state index is 0.497. The van der Waals surface area contributed by atoms with E-state index in [-0.39, 0.29) is 0 Å². The summed E-state index contributed by atoms with van der Waals surface area (Å²) in [6, 6.07) is 11.4. The molecule has 0 spiro atoms. The Kier molecular flexibility index (Phi) is 4.16. The van der Waals surface area contributed by atoms with Gasteiger partial charge in [0.25, 0.3) is 0 Å². The second-order valence-corrected chi connectivity index (χ2v) is 7.54. The highest BCUT2D eigenvalue weighted by atomic mass is 14.9. The van der Waals surface area contributed by atoms with Gasteiger partial charge in [-0.3, -0.25) is 0 Å². The molecule has 1 aromatic rings. The first kappa shape index (κ1) is 14.1. The van der Waals surface area contributed by atoms with Crippen LogP contribution in [0.2, 0.25) is 0 Å². The van der Waals surface area contributed by atoms with Gasteiger partial charge in [-0.25, -0.2) is 0 Å². The third kappa shape index (κ3) is 3.09. The maximum Gasteiger partial charge on any atom is 0.0208 e. The Hall–Kier alpha value is -0.820. The Morgan fingerprint density at radius 1 is 1.05 bits per heavy atom. The van der Waals surface area contributed by atoms with E-state index in [0.717, 1.165) is 18.4 Å². The lowest BCUT2D eigenvalue weighted by Crippen LogP contribution is -2.42. The molecule has 20 heavy (non-hydrogen) atoms. The fourth-order valence-electron chi connectivity index (χ4n) is 4.51. The summed E-state index contributed by atoms with van der Waals surface area (Å²) in [5.74, 6) is 2.00. The molecule has 1 unspecified atom stereocenters. The van der Waals surface area contributed by atoms with Crippen LogP contribution in [-0.4, -0.2) is 6.04 Å². The summed E-state index contributed by atoms with van der Waals surface area (Å²) in [5.41, 5.74) is 1.90. The monoisotopic (exact) mass is 271 g/mol. The smallest absolute Gasteiger partial charge is 0.0208 e. The number of hydrogen-bond acceptors (Lipinski definition) is 1. The second-order valence-electron chi connectivity index (χ2n) is 7.54. The topological polar surface area (TPSA) is 12.0 Å². The van der Waals surface area contributed by atoms with Gasteiger partial charge < -0.3 is 5.32 Å². The van der Waals surface area contributed by atoms with Gasteiger partial charge in [0.15, 0.2) is 0 Å². The van der Waals surface area contributed by atoms with E-state index in [4.69, 9.17) is 0 Å². The molecule has 1 N–H and O–H groups in total. The summed E-state index contributed by atoms with van der Waals surface area (Å²) >= 11 is 0. The molecule has 0 aromatic heterocycles. The molecule has 1 aromatic carbocycles. The maximum atomic E-state index is 3.81. The van der Waals surface area contributed by atoms with Crippen molar-refractivity contribution in [3.63, 3.8) is 0 Å². The lowest BCUT2D eigenvalue weighted by Gasteiger charge is -2.37. The minimum atomic E-state index is 0.497. The van der Waals surface area contributed by atoms with Crippen LogP contribution in [0.25, 0.3) is 0 Å².